The molecule has 5 rings (SSSR count). The summed E-state index contributed by atoms with van der Waals surface area (Å²) in [6.45, 7) is 11.8. The van der Waals surface area contributed by atoms with E-state index in [0.29, 0.717) is 30.6 Å². The third kappa shape index (κ3) is 5.23. The van der Waals surface area contributed by atoms with Crippen molar-refractivity contribution >= 4 is 5.90 Å². The van der Waals surface area contributed by atoms with Crippen LogP contribution in [0.25, 0.3) is 0 Å². The van der Waals surface area contributed by atoms with Crippen LogP contribution in [-0.2, 0) is 4.74 Å². The Bertz CT molecular complexity index is 1020. The van der Waals surface area contributed by atoms with Crippen molar-refractivity contribution in [3.63, 3.8) is 0 Å². The summed E-state index contributed by atoms with van der Waals surface area (Å²) in [4.78, 5) is 4.69. The first kappa shape index (κ1) is 27.9. The van der Waals surface area contributed by atoms with E-state index in [1.807, 2.05) is 6.08 Å². The molecule has 8 atom stereocenters. The zero-order chi connectivity index (χ0) is 27.1. The Balaban J connectivity index is 1.25. The molecule has 0 radical (unpaired) electrons. The van der Waals surface area contributed by atoms with Gasteiger partial charge in [0, 0.05) is 6.42 Å². The molecule has 0 aromatic heterocycles. The van der Waals surface area contributed by atoms with Gasteiger partial charge in [-0.05, 0) is 92.1 Å². The average Bonchev–Trinajstić information content (AvgIpc) is 3.42. The van der Waals surface area contributed by atoms with Gasteiger partial charge in [-0.1, -0.05) is 63.6 Å². The highest BCUT2D eigenvalue weighted by Crippen LogP contribution is 2.60. The summed E-state index contributed by atoms with van der Waals surface area (Å²) in [6, 6.07) is 0. The summed E-state index contributed by atoms with van der Waals surface area (Å²) in [5, 5.41) is 31.5. The van der Waals surface area contributed by atoms with Crippen LogP contribution in [0.1, 0.15) is 91.4 Å². The van der Waals surface area contributed by atoms with Gasteiger partial charge in [-0.25, -0.2) is 0 Å². The van der Waals surface area contributed by atoms with Gasteiger partial charge in [0.15, 0.2) is 5.90 Å². The zero-order valence-corrected chi connectivity index (χ0v) is 23.7. The van der Waals surface area contributed by atoms with E-state index in [0.717, 1.165) is 55.7 Å². The van der Waals surface area contributed by atoms with Gasteiger partial charge in [-0.3, -0.25) is 4.99 Å². The highest BCUT2D eigenvalue weighted by molar-refractivity contribution is 5.87. The minimum Gasteiger partial charge on any atom is -0.475 e. The molecule has 3 N–H and O–H groups in total. The van der Waals surface area contributed by atoms with Crippen molar-refractivity contribution in [1.29, 1.82) is 0 Å². The summed E-state index contributed by atoms with van der Waals surface area (Å²) in [5.74, 6) is 2.35. The number of hydrogen-bond acceptors (Lipinski definition) is 5. The predicted octanol–water partition coefficient (Wildman–Crippen LogP) is 6.06. The van der Waals surface area contributed by atoms with Gasteiger partial charge in [0.05, 0.1) is 30.3 Å². The first-order valence-electron chi connectivity index (χ1n) is 15.2. The van der Waals surface area contributed by atoms with Crippen molar-refractivity contribution in [2.24, 2.45) is 33.6 Å². The van der Waals surface area contributed by atoms with Crippen LogP contribution < -0.4 is 0 Å². The number of aliphatic hydroxyl groups excluding tert-OH is 3. The molecule has 210 valence electrons. The second-order valence-corrected chi connectivity index (χ2v) is 13.2. The van der Waals surface area contributed by atoms with Gasteiger partial charge in [0.2, 0.25) is 0 Å². The lowest BCUT2D eigenvalue weighted by Gasteiger charge is -2.44. The monoisotopic (exact) mass is 523 g/mol. The van der Waals surface area contributed by atoms with Crippen LogP contribution in [0.15, 0.2) is 52.6 Å². The maximum atomic E-state index is 11.2. The number of nitrogens with zero attached hydrogens (tertiary/aromatic N) is 1. The number of aliphatic hydroxyl groups is 3. The minimum absolute atomic E-state index is 0.188. The second-order valence-electron chi connectivity index (χ2n) is 13.2. The zero-order valence-electron chi connectivity index (χ0n) is 23.7. The van der Waals surface area contributed by atoms with Crippen LogP contribution in [0.4, 0.5) is 0 Å². The number of hydrogen-bond donors (Lipinski definition) is 3. The first-order chi connectivity index (χ1) is 18.2. The fraction of sp³-hybridized carbons (Fsp3) is 0.727. The average molecular weight is 524 g/mol. The summed E-state index contributed by atoms with van der Waals surface area (Å²) in [6.07, 6.45) is 18.2. The van der Waals surface area contributed by atoms with E-state index in [2.05, 4.69) is 50.6 Å². The molecule has 0 bridgehead atoms. The van der Waals surface area contributed by atoms with E-state index in [1.165, 1.54) is 31.3 Å². The third-order valence-corrected chi connectivity index (χ3v) is 10.6. The van der Waals surface area contributed by atoms with E-state index < -0.39 is 18.3 Å². The van der Waals surface area contributed by atoms with Crippen LogP contribution in [-0.4, -0.2) is 52.2 Å². The maximum Gasteiger partial charge on any atom is 0.193 e. The lowest BCUT2D eigenvalue weighted by molar-refractivity contribution is 0.0862. The number of rotatable bonds is 8. The van der Waals surface area contributed by atoms with Crippen LogP contribution in [0.3, 0.4) is 0 Å². The van der Waals surface area contributed by atoms with Crippen LogP contribution >= 0.6 is 0 Å². The number of allylic oxidation sites excluding steroid dienone is 4. The van der Waals surface area contributed by atoms with Crippen LogP contribution in [0.5, 0.6) is 0 Å². The molecular weight excluding hydrogens is 474 g/mol. The Kier molecular flexibility index (Phi) is 8.11. The molecule has 4 saturated carbocycles. The van der Waals surface area contributed by atoms with Crippen LogP contribution in [0.2, 0.25) is 0 Å². The SMILES string of the molecule is C=C1C(=CC=C2CCC[C@]3(C)[C@@H]([C@H](C)C=C[C@@H](O)C4(C5=NCC(CCC)O5)CC4)CC[C@@H]23)C[C@@H](O)C[C@@H]1O. The molecule has 4 fully saturated rings. The summed E-state index contributed by atoms with van der Waals surface area (Å²) in [5.41, 5.74) is 3.22. The molecule has 1 unspecified atom stereocenters. The molecule has 0 saturated heterocycles. The van der Waals surface area contributed by atoms with Crippen molar-refractivity contribution < 1.29 is 20.1 Å². The highest BCUT2D eigenvalue weighted by Gasteiger charge is 2.56. The molecule has 1 heterocycles. The van der Waals surface area contributed by atoms with Crippen molar-refractivity contribution in [2.45, 2.75) is 116 Å². The fourth-order valence-electron chi connectivity index (χ4n) is 8.14. The van der Waals surface area contributed by atoms with E-state index in [9.17, 15) is 15.3 Å². The Morgan fingerprint density at radius 2 is 1.95 bits per heavy atom. The lowest BCUT2D eigenvalue weighted by Crippen LogP contribution is -2.36. The number of fused-ring (bicyclic) bond motifs is 1. The van der Waals surface area contributed by atoms with Gasteiger partial charge in [-0.2, -0.15) is 0 Å². The summed E-state index contributed by atoms with van der Waals surface area (Å²) < 4.78 is 6.15. The van der Waals surface area contributed by atoms with Crippen molar-refractivity contribution in [1.82, 2.24) is 0 Å². The summed E-state index contributed by atoms with van der Waals surface area (Å²) in [7, 11) is 0. The molecule has 38 heavy (non-hydrogen) atoms. The van der Waals surface area contributed by atoms with E-state index in [-0.39, 0.29) is 16.9 Å². The minimum atomic E-state index is -0.640. The molecule has 4 aliphatic carbocycles. The number of aliphatic imine (C=N–C) groups is 1. The highest BCUT2D eigenvalue weighted by atomic mass is 16.5. The summed E-state index contributed by atoms with van der Waals surface area (Å²) >= 11 is 0. The normalized spacial score (nSPS) is 40.3. The standard InChI is InChI=1S/C33H49NO4/c1-5-7-26-20-34-31(38-26)33(16-17-33)30(37)14-9-21(2)27-12-13-28-23(8-6-15-32(27,28)4)10-11-24-18-25(35)19-29(36)22(24)3/h9-11,14,21,25-30,35-37H,3,5-8,12-13,15-20H2,1-2,4H3/t21-,25-,26?,27-,28+,29+,30-,32-/m1/s1. The van der Waals surface area contributed by atoms with Gasteiger partial charge >= 0.3 is 0 Å². The van der Waals surface area contributed by atoms with E-state index in [4.69, 9.17) is 4.74 Å². The smallest absolute Gasteiger partial charge is 0.193 e. The van der Waals surface area contributed by atoms with Gasteiger partial charge in [0.25, 0.3) is 0 Å². The van der Waals surface area contributed by atoms with Gasteiger partial charge in [0.1, 0.15) is 6.10 Å². The fourth-order valence-corrected chi connectivity index (χ4v) is 8.14. The Morgan fingerprint density at radius 3 is 2.68 bits per heavy atom. The van der Waals surface area contributed by atoms with Crippen molar-refractivity contribution in [3.8, 4) is 0 Å². The van der Waals surface area contributed by atoms with Crippen molar-refractivity contribution in [3.05, 3.63) is 47.6 Å². The molecule has 5 aliphatic rings. The second kappa shape index (κ2) is 11.1. The molecule has 5 nitrogen and oxygen atoms in total. The van der Waals surface area contributed by atoms with Crippen LogP contribution in [0, 0.1) is 28.6 Å². The van der Waals surface area contributed by atoms with E-state index in [1.54, 1.807) is 0 Å². The number of ether oxygens (including phenoxy) is 1. The Hall–Kier alpha value is -1.69. The molecule has 0 spiro atoms. The van der Waals surface area contributed by atoms with Gasteiger partial charge in [-0.15, -0.1) is 0 Å². The molecule has 0 amide bonds. The third-order valence-electron chi connectivity index (χ3n) is 10.6. The lowest BCUT2D eigenvalue weighted by atomic mass is 9.61. The first-order valence-corrected chi connectivity index (χ1v) is 15.2. The topological polar surface area (TPSA) is 82.3 Å². The Labute approximate surface area is 229 Å². The van der Waals surface area contributed by atoms with E-state index >= 15 is 0 Å². The molecule has 0 aromatic rings. The molecular formula is C33H49NO4. The molecule has 5 heteroatoms. The molecule has 0 aromatic carbocycles. The van der Waals surface area contributed by atoms with Crippen molar-refractivity contribution in [2.75, 3.05) is 6.54 Å². The quantitative estimate of drug-likeness (QED) is 0.338. The Morgan fingerprint density at radius 1 is 1.16 bits per heavy atom. The maximum absolute atomic E-state index is 11.2. The molecule has 1 aliphatic heterocycles. The predicted molar refractivity (Wildman–Crippen MR) is 153 cm³/mol. The van der Waals surface area contributed by atoms with Gasteiger partial charge < -0.3 is 20.1 Å². The largest absolute Gasteiger partial charge is 0.475 e.